The van der Waals surface area contributed by atoms with Crippen LogP contribution in [0, 0.1) is 12.7 Å². The predicted molar refractivity (Wildman–Crippen MR) is 111 cm³/mol. The molecule has 162 valence electrons. The van der Waals surface area contributed by atoms with Crippen LogP contribution in [0.15, 0.2) is 30.5 Å². The molecule has 1 aromatic carbocycles. The molecule has 0 saturated carbocycles. The molecule has 8 heteroatoms. The molecule has 2 heterocycles. The van der Waals surface area contributed by atoms with Gasteiger partial charge in [0.05, 0.1) is 23.5 Å². The second-order valence-electron chi connectivity index (χ2n) is 8.64. The van der Waals surface area contributed by atoms with E-state index in [9.17, 15) is 14.0 Å². The molecule has 30 heavy (non-hydrogen) atoms. The zero-order valence-electron chi connectivity index (χ0n) is 18.1. The van der Waals surface area contributed by atoms with E-state index in [-0.39, 0.29) is 29.8 Å². The highest BCUT2D eigenvalue weighted by atomic mass is 19.1. The van der Waals surface area contributed by atoms with Crippen molar-refractivity contribution >= 4 is 12.0 Å². The Morgan fingerprint density at radius 2 is 1.97 bits per heavy atom. The number of amides is 2. The molecule has 0 aliphatic carbocycles. The third-order valence-electron chi connectivity index (χ3n) is 5.27. The highest BCUT2D eigenvalue weighted by Crippen LogP contribution is 2.22. The fourth-order valence-corrected chi connectivity index (χ4v) is 3.66. The monoisotopic (exact) mass is 416 g/mol. The Kier molecular flexibility index (Phi) is 6.14. The first-order valence-corrected chi connectivity index (χ1v) is 10.2. The quantitative estimate of drug-likeness (QED) is 0.825. The first-order chi connectivity index (χ1) is 14.1. The average molecular weight is 416 g/mol. The van der Waals surface area contributed by atoms with Gasteiger partial charge in [-0.25, -0.2) is 13.9 Å². The van der Waals surface area contributed by atoms with Crippen molar-refractivity contribution in [1.82, 2.24) is 20.0 Å². The van der Waals surface area contributed by atoms with Crippen molar-refractivity contribution in [3.05, 3.63) is 47.5 Å². The summed E-state index contributed by atoms with van der Waals surface area (Å²) in [6.45, 7) is 9.71. The Morgan fingerprint density at radius 3 is 2.63 bits per heavy atom. The third-order valence-corrected chi connectivity index (χ3v) is 5.27. The maximum Gasteiger partial charge on any atom is 0.410 e. The molecule has 1 fully saturated rings. The Labute approximate surface area is 176 Å². The van der Waals surface area contributed by atoms with Crippen molar-refractivity contribution in [2.75, 3.05) is 6.54 Å². The summed E-state index contributed by atoms with van der Waals surface area (Å²) in [4.78, 5) is 27.1. The zero-order valence-corrected chi connectivity index (χ0v) is 18.1. The molecule has 1 aromatic heterocycles. The average Bonchev–Trinajstić information content (AvgIpc) is 3.03. The van der Waals surface area contributed by atoms with Crippen LogP contribution in [-0.4, -0.2) is 50.9 Å². The van der Waals surface area contributed by atoms with Gasteiger partial charge in [0.1, 0.15) is 17.1 Å². The first-order valence-electron chi connectivity index (χ1n) is 10.2. The number of para-hydroxylation sites is 1. The van der Waals surface area contributed by atoms with Crippen LogP contribution in [-0.2, 0) is 4.74 Å². The fraction of sp³-hybridized carbons (Fsp3) is 0.500. The summed E-state index contributed by atoms with van der Waals surface area (Å²) in [5.41, 5.74) is 0.631. The predicted octanol–water partition coefficient (Wildman–Crippen LogP) is 3.84. The SMILES string of the molecule is Cc1c(C(=O)NC2CCCN(C(=O)OC(C)(C)C)C2C)cnn1-c1ccccc1F. The maximum atomic E-state index is 14.1. The van der Waals surface area contributed by atoms with E-state index in [0.29, 0.717) is 17.8 Å². The normalized spacial score (nSPS) is 19.5. The van der Waals surface area contributed by atoms with E-state index in [0.717, 1.165) is 12.8 Å². The molecule has 2 amide bonds. The number of benzene rings is 1. The van der Waals surface area contributed by atoms with Gasteiger partial charge in [-0.1, -0.05) is 12.1 Å². The highest BCUT2D eigenvalue weighted by molar-refractivity contribution is 5.95. The maximum absolute atomic E-state index is 14.1. The number of hydrogen-bond donors (Lipinski definition) is 1. The van der Waals surface area contributed by atoms with E-state index in [4.69, 9.17) is 4.74 Å². The van der Waals surface area contributed by atoms with Gasteiger partial charge in [-0.2, -0.15) is 5.10 Å². The number of aromatic nitrogens is 2. The molecule has 0 bridgehead atoms. The van der Waals surface area contributed by atoms with E-state index in [1.54, 1.807) is 30.0 Å². The van der Waals surface area contributed by atoms with Gasteiger partial charge in [0, 0.05) is 12.6 Å². The molecule has 1 aliphatic rings. The molecule has 3 rings (SSSR count). The van der Waals surface area contributed by atoms with E-state index in [1.807, 2.05) is 27.7 Å². The minimum Gasteiger partial charge on any atom is -0.444 e. The van der Waals surface area contributed by atoms with Crippen molar-refractivity contribution < 1.29 is 18.7 Å². The number of ether oxygens (including phenoxy) is 1. The minimum atomic E-state index is -0.578. The van der Waals surface area contributed by atoms with Crippen LogP contribution in [0.4, 0.5) is 9.18 Å². The number of carbonyl (C=O) groups is 2. The number of halogens is 1. The van der Waals surface area contributed by atoms with Crippen LogP contribution in [0.25, 0.3) is 5.69 Å². The topological polar surface area (TPSA) is 76.5 Å². The summed E-state index contributed by atoms with van der Waals surface area (Å²) >= 11 is 0. The van der Waals surface area contributed by atoms with Gasteiger partial charge in [-0.05, 0) is 59.6 Å². The number of nitrogens with one attached hydrogen (secondary N) is 1. The Morgan fingerprint density at radius 1 is 1.27 bits per heavy atom. The standard InChI is InChI=1S/C22H29FN4O3/c1-14-16(13-24-27(14)19-11-7-6-9-17(19)23)20(28)25-18-10-8-12-26(15(18)2)21(29)30-22(3,4)5/h6-7,9,11,13,15,18H,8,10,12H2,1-5H3,(H,25,28). The third kappa shape index (κ3) is 4.63. The van der Waals surface area contributed by atoms with E-state index < -0.39 is 11.4 Å². The molecule has 0 spiro atoms. The van der Waals surface area contributed by atoms with Crippen LogP contribution in [0.1, 0.15) is 56.6 Å². The number of rotatable bonds is 3. The van der Waals surface area contributed by atoms with Crippen molar-refractivity contribution in [3.8, 4) is 5.69 Å². The minimum absolute atomic E-state index is 0.209. The van der Waals surface area contributed by atoms with Crippen LogP contribution in [0.5, 0.6) is 0 Å². The van der Waals surface area contributed by atoms with Gasteiger partial charge in [-0.3, -0.25) is 4.79 Å². The fourth-order valence-electron chi connectivity index (χ4n) is 3.66. The van der Waals surface area contributed by atoms with Crippen LogP contribution in [0.3, 0.4) is 0 Å². The largest absolute Gasteiger partial charge is 0.444 e. The van der Waals surface area contributed by atoms with Crippen molar-refractivity contribution in [3.63, 3.8) is 0 Å². The number of carbonyl (C=O) groups excluding carboxylic acids is 2. The lowest BCUT2D eigenvalue weighted by Crippen LogP contribution is -2.56. The van der Waals surface area contributed by atoms with Crippen LogP contribution >= 0.6 is 0 Å². The molecule has 1 saturated heterocycles. The lowest BCUT2D eigenvalue weighted by molar-refractivity contribution is 0.00699. The summed E-state index contributed by atoms with van der Waals surface area (Å²) in [6.07, 6.45) is 2.59. The summed E-state index contributed by atoms with van der Waals surface area (Å²) in [5.74, 6) is -0.706. The molecular weight excluding hydrogens is 387 g/mol. The highest BCUT2D eigenvalue weighted by Gasteiger charge is 2.35. The van der Waals surface area contributed by atoms with E-state index >= 15 is 0 Å². The van der Waals surface area contributed by atoms with Gasteiger partial charge >= 0.3 is 6.09 Å². The summed E-state index contributed by atoms with van der Waals surface area (Å²) in [7, 11) is 0. The number of nitrogens with zero attached hydrogens (tertiary/aromatic N) is 3. The molecule has 1 aliphatic heterocycles. The van der Waals surface area contributed by atoms with Crippen LogP contribution < -0.4 is 5.32 Å². The summed E-state index contributed by atoms with van der Waals surface area (Å²) in [5, 5.41) is 7.21. The number of hydrogen-bond acceptors (Lipinski definition) is 4. The lowest BCUT2D eigenvalue weighted by Gasteiger charge is -2.40. The Hall–Kier alpha value is -2.90. The molecule has 2 unspecified atom stereocenters. The summed E-state index contributed by atoms with van der Waals surface area (Å²) < 4.78 is 21.0. The number of piperidine rings is 1. The Balaban J connectivity index is 1.73. The first kappa shape index (κ1) is 21.8. The van der Waals surface area contributed by atoms with Crippen LogP contribution in [0.2, 0.25) is 0 Å². The van der Waals surface area contributed by atoms with Gasteiger partial charge in [0.25, 0.3) is 5.91 Å². The van der Waals surface area contributed by atoms with Crippen molar-refractivity contribution in [1.29, 1.82) is 0 Å². The molecule has 7 nitrogen and oxygen atoms in total. The Bertz CT molecular complexity index is 935. The zero-order chi connectivity index (χ0) is 22.1. The van der Waals surface area contributed by atoms with Crippen molar-refractivity contribution in [2.45, 2.75) is 65.1 Å². The van der Waals surface area contributed by atoms with Crippen molar-refractivity contribution in [2.24, 2.45) is 0 Å². The van der Waals surface area contributed by atoms with Gasteiger partial charge in [0.2, 0.25) is 0 Å². The van der Waals surface area contributed by atoms with Gasteiger partial charge in [0.15, 0.2) is 0 Å². The molecule has 0 radical (unpaired) electrons. The van der Waals surface area contributed by atoms with Gasteiger partial charge in [-0.15, -0.1) is 0 Å². The van der Waals surface area contributed by atoms with E-state index in [1.165, 1.54) is 16.9 Å². The smallest absolute Gasteiger partial charge is 0.410 e. The lowest BCUT2D eigenvalue weighted by atomic mass is 9.97. The number of likely N-dealkylation sites (tertiary alicyclic amines) is 1. The molecular formula is C22H29FN4O3. The second kappa shape index (κ2) is 8.45. The molecule has 2 atom stereocenters. The molecule has 1 N–H and O–H groups in total. The molecule has 2 aromatic rings. The summed E-state index contributed by atoms with van der Waals surface area (Å²) in [6, 6.07) is 5.86. The van der Waals surface area contributed by atoms with E-state index in [2.05, 4.69) is 10.4 Å². The second-order valence-corrected chi connectivity index (χ2v) is 8.64. The van der Waals surface area contributed by atoms with Gasteiger partial charge < -0.3 is 15.0 Å².